The highest BCUT2D eigenvalue weighted by molar-refractivity contribution is 7.85. The Kier molecular flexibility index (Phi) is 4.91. The molecule has 0 amide bonds. The fourth-order valence-electron chi connectivity index (χ4n) is 2.71. The smallest absolute Gasteiger partial charge is 0.123 e. The average Bonchev–Trinajstić information content (AvgIpc) is 2.37. The zero-order valence-corrected chi connectivity index (χ0v) is 13.3. The Bertz CT molecular complexity index is 644. The lowest BCUT2D eigenvalue weighted by atomic mass is 9.95. The van der Waals surface area contributed by atoms with E-state index in [9.17, 15) is 8.60 Å². The Morgan fingerprint density at radius 2 is 1.62 bits per heavy atom. The van der Waals surface area contributed by atoms with E-state index in [0.29, 0.717) is 10.6 Å². The van der Waals surface area contributed by atoms with Gasteiger partial charge in [0.15, 0.2) is 0 Å². The molecule has 2 rings (SSSR count). The minimum absolute atomic E-state index is 0.295. The van der Waals surface area contributed by atoms with Crippen LogP contribution in [0.25, 0.3) is 0 Å². The first-order valence-corrected chi connectivity index (χ1v) is 8.17. The second-order valence-corrected chi connectivity index (χ2v) is 6.88. The van der Waals surface area contributed by atoms with E-state index >= 15 is 0 Å². The van der Waals surface area contributed by atoms with Crippen molar-refractivity contribution < 1.29 is 8.60 Å². The summed E-state index contributed by atoms with van der Waals surface area (Å²) in [5.41, 5.74) is 10.7. The van der Waals surface area contributed by atoms with Gasteiger partial charge in [0.05, 0.1) is 10.8 Å². The van der Waals surface area contributed by atoms with E-state index in [0.717, 1.165) is 16.7 Å². The lowest BCUT2D eigenvalue weighted by molar-refractivity contribution is 0.626. The molecule has 0 aliphatic carbocycles. The Morgan fingerprint density at radius 3 is 2.14 bits per heavy atom. The summed E-state index contributed by atoms with van der Waals surface area (Å²) in [7, 11) is -1.24. The van der Waals surface area contributed by atoms with Crippen LogP contribution in [0.2, 0.25) is 0 Å². The largest absolute Gasteiger partial charge is 0.323 e. The van der Waals surface area contributed by atoms with Crippen molar-refractivity contribution in [3.8, 4) is 0 Å². The van der Waals surface area contributed by atoms with Gasteiger partial charge in [-0.1, -0.05) is 17.7 Å². The number of aryl methyl sites for hydroxylation is 3. The standard InChI is InChI=1S/C17H20FNOS/c1-11-8-12(2)17(13(3)9-11)16(19)10-21(20)15-6-4-14(18)5-7-15/h4-9,16H,10,19H2,1-3H3. The fraction of sp³-hybridized carbons (Fsp3) is 0.294. The molecule has 2 atom stereocenters. The van der Waals surface area contributed by atoms with Gasteiger partial charge in [0.2, 0.25) is 0 Å². The zero-order valence-electron chi connectivity index (χ0n) is 12.5. The lowest BCUT2D eigenvalue weighted by Crippen LogP contribution is -2.20. The number of rotatable bonds is 4. The number of benzene rings is 2. The van der Waals surface area contributed by atoms with Crippen molar-refractivity contribution in [1.29, 1.82) is 0 Å². The molecule has 2 unspecified atom stereocenters. The third kappa shape index (κ3) is 3.77. The normalized spacial score (nSPS) is 14.0. The minimum Gasteiger partial charge on any atom is -0.323 e. The van der Waals surface area contributed by atoms with Crippen LogP contribution in [0.15, 0.2) is 41.3 Å². The van der Waals surface area contributed by atoms with Crippen LogP contribution in [0.4, 0.5) is 4.39 Å². The van der Waals surface area contributed by atoms with Crippen LogP contribution in [0.1, 0.15) is 28.3 Å². The summed E-state index contributed by atoms with van der Waals surface area (Å²) in [4.78, 5) is 0.606. The number of hydrogen-bond acceptors (Lipinski definition) is 2. The Morgan fingerprint density at radius 1 is 1.10 bits per heavy atom. The lowest BCUT2D eigenvalue weighted by Gasteiger charge is -2.18. The molecule has 0 bridgehead atoms. The van der Waals surface area contributed by atoms with Crippen molar-refractivity contribution in [2.24, 2.45) is 5.73 Å². The van der Waals surface area contributed by atoms with Gasteiger partial charge in [-0.05, 0) is 61.7 Å². The van der Waals surface area contributed by atoms with Crippen LogP contribution in [-0.4, -0.2) is 9.96 Å². The molecule has 0 aromatic heterocycles. The third-order valence-corrected chi connectivity index (χ3v) is 4.98. The maximum Gasteiger partial charge on any atom is 0.123 e. The molecule has 0 radical (unpaired) electrons. The number of hydrogen-bond donors (Lipinski definition) is 1. The van der Waals surface area contributed by atoms with E-state index in [2.05, 4.69) is 12.1 Å². The molecule has 4 heteroatoms. The van der Waals surface area contributed by atoms with Crippen molar-refractivity contribution in [3.63, 3.8) is 0 Å². The molecule has 112 valence electrons. The van der Waals surface area contributed by atoms with Gasteiger partial charge in [0, 0.05) is 16.7 Å². The molecule has 0 saturated carbocycles. The number of halogens is 1. The van der Waals surface area contributed by atoms with E-state index in [1.165, 1.54) is 17.7 Å². The van der Waals surface area contributed by atoms with Gasteiger partial charge in [0.25, 0.3) is 0 Å². The van der Waals surface area contributed by atoms with Gasteiger partial charge in [-0.3, -0.25) is 4.21 Å². The molecule has 0 fully saturated rings. The molecule has 2 aromatic carbocycles. The molecule has 21 heavy (non-hydrogen) atoms. The topological polar surface area (TPSA) is 43.1 Å². The molecule has 2 aromatic rings. The fourth-order valence-corrected chi connectivity index (χ4v) is 3.83. The van der Waals surface area contributed by atoms with Gasteiger partial charge in [-0.15, -0.1) is 0 Å². The highest BCUT2D eigenvalue weighted by atomic mass is 32.2. The highest BCUT2D eigenvalue weighted by Crippen LogP contribution is 2.24. The summed E-state index contributed by atoms with van der Waals surface area (Å²) in [6, 6.07) is 9.62. The SMILES string of the molecule is Cc1cc(C)c(C(N)CS(=O)c2ccc(F)cc2)c(C)c1. The van der Waals surface area contributed by atoms with Crippen molar-refractivity contribution in [2.75, 3.05) is 5.75 Å². The molecule has 0 spiro atoms. The van der Waals surface area contributed by atoms with Gasteiger partial charge >= 0.3 is 0 Å². The van der Waals surface area contributed by atoms with E-state index in [4.69, 9.17) is 5.73 Å². The molecular formula is C17H20FNOS. The van der Waals surface area contributed by atoms with Gasteiger partial charge in [-0.2, -0.15) is 0 Å². The van der Waals surface area contributed by atoms with Crippen LogP contribution in [0.5, 0.6) is 0 Å². The van der Waals surface area contributed by atoms with Crippen molar-refractivity contribution >= 4 is 10.8 Å². The number of nitrogens with two attached hydrogens (primary N) is 1. The zero-order chi connectivity index (χ0) is 15.6. The minimum atomic E-state index is -1.24. The maximum absolute atomic E-state index is 12.9. The predicted molar refractivity (Wildman–Crippen MR) is 85.3 cm³/mol. The summed E-state index contributed by atoms with van der Waals surface area (Å²) in [6.07, 6.45) is 0. The van der Waals surface area contributed by atoms with Gasteiger partial charge in [-0.25, -0.2) is 4.39 Å². The van der Waals surface area contributed by atoms with E-state index < -0.39 is 10.8 Å². The Balaban J connectivity index is 2.20. The van der Waals surface area contributed by atoms with Crippen LogP contribution in [0, 0.1) is 26.6 Å². The van der Waals surface area contributed by atoms with Crippen molar-refractivity contribution in [3.05, 3.63) is 64.5 Å². The average molecular weight is 305 g/mol. The van der Waals surface area contributed by atoms with Crippen molar-refractivity contribution in [2.45, 2.75) is 31.7 Å². The van der Waals surface area contributed by atoms with Crippen LogP contribution in [0.3, 0.4) is 0 Å². The summed E-state index contributed by atoms with van der Waals surface area (Å²) in [5.74, 6) is 0.00128. The Hall–Kier alpha value is -1.52. The second kappa shape index (κ2) is 6.50. The van der Waals surface area contributed by atoms with E-state index in [-0.39, 0.29) is 11.9 Å². The monoisotopic (exact) mass is 305 g/mol. The molecule has 2 N–H and O–H groups in total. The summed E-state index contributed by atoms with van der Waals surface area (Å²) < 4.78 is 25.2. The quantitative estimate of drug-likeness (QED) is 0.938. The van der Waals surface area contributed by atoms with Gasteiger partial charge < -0.3 is 5.73 Å². The third-order valence-electron chi connectivity index (χ3n) is 3.52. The van der Waals surface area contributed by atoms with E-state index in [1.54, 1.807) is 12.1 Å². The molecule has 0 saturated heterocycles. The molecule has 2 nitrogen and oxygen atoms in total. The van der Waals surface area contributed by atoms with Crippen molar-refractivity contribution in [1.82, 2.24) is 0 Å². The molecule has 0 aliphatic rings. The summed E-state index contributed by atoms with van der Waals surface area (Å²) >= 11 is 0. The Labute approximate surface area is 127 Å². The van der Waals surface area contributed by atoms with Crippen LogP contribution in [-0.2, 0) is 10.8 Å². The molecule has 0 aliphatic heterocycles. The highest BCUT2D eigenvalue weighted by Gasteiger charge is 2.16. The van der Waals surface area contributed by atoms with Gasteiger partial charge in [0.1, 0.15) is 5.82 Å². The maximum atomic E-state index is 12.9. The predicted octanol–water partition coefficient (Wildman–Crippen LogP) is 3.56. The first-order valence-electron chi connectivity index (χ1n) is 6.85. The van der Waals surface area contributed by atoms with Crippen LogP contribution >= 0.6 is 0 Å². The second-order valence-electron chi connectivity index (χ2n) is 5.38. The van der Waals surface area contributed by atoms with Crippen LogP contribution < -0.4 is 5.73 Å². The molecule has 0 heterocycles. The summed E-state index contributed by atoms with van der Waals surface area (Å²) in [5, 5.41) is 0. The first kappa shape index (κ1) is 15.9. The van der Waals surface area contributed by atoms with E-state index in [1.807, 2.05) is 20.8 Å². The molecular weight excluding hydrogens is 285 g/mol. The summed E-state index contributed by atoms with van der Waals surface area (Å²) in [6.45, 7) is 6.10. The first-order chi connectivity index (χ1) is 9.88.